The topological polar surface area (TPSA) is 15.8 Å². The molecule has 1 N–H and O–H groups in total. The van der Waals surface area contributed by atoms with Crippen molar-refractivity contribution in [1.82, 2.24) is 4.98 Å². The van der Waals surface area contributed by atoms with Crippen LogP contribution in [0.3, 0.4) is 0 Å². The lowest BCUT2D eigenvalue weighted by atomic mass is 9.99. The molecule has 0 aliphatic heterocycles. The number of hydrogen-bond acceptors (Lipinski definition) is 0. The lowest BCUT2D eigenvalue weighted by molar-refractivity contribution is -0.137. The summed E-state index contributed by atoms with van der Waals surface area (Å²) in [7, 11) is 0. The summed E-state index contributed by atoms with van der Waals surface area (Å²) in [6, 6.07) is 21.1. The first-order chi connectivity index (χ1) is 12.4. The molecule has 4 rings (SSSR count). The second kappa shape index (κ2) is 6.32. The van der Waals surface area contributed by atoms with Gasteiger partial charge in [0.15, 0.2) is 0 Å². The number of benzene rings is 3. The van der Waals surface area contributed by atoms with E-state index in [2.05, 4.69) is 27.0 Å². The van der Waals surface area contributed by atoms with E-state index in [4.69, 9.17) is 0 Å². The Labute approximate surface area is 156 Å². The number of H-pyrrole nitrogens is 1. The molecule has 0 aliphatic carbocycles. The number of nitrogens with one attached hydrogen (secondary N) is 1. The van der Waals surface area contributed by atoms with E-state index < -0.39 is 11.7 Å². The maximum atomic E-state index is 12.7. The summed E-state index contributed by atoms with van der Waals surface area (Å²) in [4.78, 5) is 3.30. The fraction of sp³-hybridized carbons (Fsp3) is 0.0476. The van der Waals surface area contributed by atoms with Crippen LogP contribution in [0.5, 0.6) is 0 Å². The Bertz CT molecular complexity index is 1060. The van der Waals surface area contributed by atoms with Crippen molar-refractivity contribution in [3.8, 4) is 22.3 Å². The minimum Gasteiger partial charge on any atom is -0.349 e. The zero-order valence-corrected chi connectivity index (χ0v) is 15.0. The molecule has 1 aromatic heterocycles. The number of para-hydroxylation sites is 1. The summed E-state index contributed by atoms with van der Waals surface area (Å²) < 4.78 is 39.0. The van der Waals surface area contributed by atoms with Crippen LogP contribution < -0.4 is 0 Å². The molecule has 0 atom stereocenters. The lowest BCUT2D eigenvalue weighted by Gasteiger charge is -2.08. The quantitative estimate of drug-likeness (QED) is 0.353. The van der Waals surface area contributed by atoms with Gasteiger partial charge in [-0.3, -0.25) is 0 Å². The monoisotopic (exact) mass is 415 g/mol. The molecule has 4 aromatic rings. The molecule has 0 aliphatic rings. The highest BCUT2D eigenvalue weighted by Crippen LogP contribution is 2.37. The fourth-order valence-electron chi connectivity index (χ4n) is 3.07. The van der Waals surface area contributed by atoms with Gasteiger partial charge in [-0.15, -0.1) is 0 Å². The summed E-state index contributed by atoms with van der Waals surface area (Å²) in [6.07, 6.45) is -4.32. The van der Waals surface area contributed by atoms with Gasteiger partial charge in [-0.05, 0) is 50.8 Å². The molecular weight excluding hydrogens is 403 g/mol. The average molecular weight is 416 g/mol. The van der Waals surface area contributed by atoms with Crippen molar-refractivity contribution in [2.24, 2.45) is 0 Å². The second-order valence-corrected chi connectivity index (χ2v) is 6.81. The maximum Gasteiger partial charge on any atom is 0.416 e. The van der Waals surface area contributed by atoms with E-state index in [1.807, 2.05) is 42.5 Å². The van der Waals surface area contributed by atoms with Gasteiger partial charge in [0, 0.05) is 16.5 Å². The maximum absolute atomic E-state index is 12.7. The molecule has 0 bridgehead atoms. The number of aromatic nitrogens is 1. The summed E-state index contributed by atoms with van der Waals surface area (Å²) in [6.45, 7) is 0. The zero-order valence-electron chi connectivity index (χ0n) is 13.4. The highest BCUT2D eigenvalue weighted by molar-refractivity contribution is 9.10. The Balaban J connectivity index is 1.70. The molecule has 0 fully saturated rings. The number of alkyl halides is 3. The zero-order chi connectivity index (χ0) is 18.3. The van der Waals surface area contributed by atoms with E-state index in [9.17, 15) is 13.2 Å². The van der Waals surface area contributed by atoms with E-state index in [0.29, 0.717) is 0 Å². The SMILES string of the molecule is FC(F)(F)c1ccc(-c2ccc(-c3c(Br)[nH]c4ccccc34)cc2)cc1. The molecule has 0 amide bonds. The number of fused-ring (bicyclic) bond motifs is 1. The molecule has 1 nitrogen and oxygen atoms in total. The summed E-state index contributed by atoms with van der Waals surface area (Å²) in [5.74, 6) is 0. The number of rotatable bonds is 2. The van der Waals surface area contributed by atoms with Crippen molar-refractivity contribution in [2.45, 2.75) is 6.18 Å². The van der Waals surface area contributed by atoms with Crippen LogP contribution in [-0.2, 0) is 6.18 Å². The molecule has 1 heterocycles. The predicted molar refractivity (Wildman–Crippen MR) is 102 cm³/mol. The van der Waals surface area contributed by atoms with E-state index in [1.54, 1.807) is 0 Å². The van der Waals surface area contributed by atoms with Crippen molar-refractivity contribution in [2.75, 3.05) is 0 Å². The van der Waals surface area contributed by atoms with Crippen LogP contribution in [0.4, 0.5) is 13.2 Å². The Kier molecular flexibility index (Phi) is 4.11. The van der Waals surface area contributed by atoms with E-state index >= 15 is 0 Å². The summed E-state index contributed by atoms with van der Waals surface area (Å²) in [5, 5.41) is 1.11. The van der Waals surface area contributed by atoms with Gasteiger partial charge < -0.3 is 4.98 Å². The van der Waals surface area contributed by atoms with Gasteiger partial charge in [0.2, 0.25) is 0 Å². The molecule has 130 valence electrons. The number of aromatic amines is 1. The van der Waals surface area contributed by atoms with Crippen LogP contribution in [-0.4, -0.2) is 4.98 Å². The van der Waals surface area contributed by atoms with Gasteiger partial charge in [0.25, 0.3) is 0 Å². The van der Waals surface area contributed by atoms with Crippen molar-refractivity contribution >= 4 is 26.8 Å². The van der Waals surface area contributed by atoms with Crippen LogP contribution in [0.2, 0.25) is 0 Å². The fourth-order valence-corrected chi connectivity index (χ4v) is 3.73. The molecule has 0 unspecified atom stereocenters. The van der Waals surface area contributed by atoms with E-state index in [0.717, 1.165) is 49.9 Å². The standard InChI is InChI=1S/C21H13BrF3N/c22-20-19(17-3-1-2-4-18(17)26-20)15-7-5-13(6-8-15)14-9-11-16(12-10-14)21(23,24)25/h1-12,26H. The third-order valence-electron chi connectivity index (χ3n) is 4.38. The van der Waals surface area contributed by atoms with Crippen molar-refractivity contribution in [3.63, 3.8) is 0 Å². The third-order valence-corrected chi connectivity index (χ3v) is 4.97. The first-order valence-electron chi connectivity index (χ1n) is 7.98. The average Bonchev–Trinajstić information content (AvgIpc) is 2.97. The first-order valence-corrected chi connectivity index (χ1v) is 8.77. The second-order valence-electron chi connectivity index (χ2n) is 6.01. The number of hydrogen-bond donors (Lipinski definition) is 1. The molecule has 0 saturated heterocycles. The van der Waals surface area contributed by atoms with Gasteiger partial charge in [0.05, 0.1) is 10.2 Å². The van der Waals surface area contributed by atoms with Gasteiger partial charge in [-0.2, -0.15) is 13.2 Å². The van der Waals surface area contributed by atoms with Crippen LogP contribution in [0.25, 0.3) is 33.2 Å². The highest BCUT2D eigenvalue weighted by Gasteiger charge is 2.29. The van der Waals surface area contributed by atoms with Gasteiger partial charge >= 0.3 is 6.18 Å². The Morgan fingerprint density at radius 2 is 1.23 bits per heavy atom. The van der Waals surface area contributed by atoms with Crippen molar-refractivity contribution in [3.05, 3.63) is 83.0 Å². The van der Waals surface area contributed by atoms with E-state index in [1.165, 1.54) is 12.1 Å². The van der Waals surface area contributed by atoms with Gasteiger partial charge in [-0.1, -0.05) is 54.6 Å². The predicted octanol–water partition coefficient (Wildman–Crippen LogP) is 7.28. The Morgan fingerprint density at radius 1 is 0.692 bits per heavy atom. The molecule has 0 saturated carbocycles. The molecule has 0 spiro atoms. The molecular formula is C21H13BrF3N. The smallest absolute Gasteiger partial charge is 0.349 e. The highest BCUT2D eigenvalue weighted by atomic mass is 79.9. The summed E-state index contributed by atoms with van der Waals surface area (Å²) >= 11 is 3.57. The minimum absolute atomic E-state index is 0.638. The first kappa shape index (κ1) is 16.9. The minimum atomic E-state index is -4.32. The number of halogens is 4. The largest absolute Gasteiger partial charge is 0.416 e. The normalized spacial score (nSPS) is 11.8. The van der Waals surface area contributed by atoms with Gasteiger partial charge in [0.1, 0.15) is 0 Å². The van der Waals surface area contributed by atoms with Crippen LogP contribution in [0.1, 0.15) is 5.56 Å². The van der Waals surface area contributed by atoms with Crippen LogP contribution in [0.15, 0.2) is 77.4 Å². The molecule has 26 heavy (non-hydrogen) atoms. The third kappa shape index (κ3) is 3.03. The molecule has 3 aromatic carbocycles. The van der Waals surface area contributed by atoms with Crippen LogP contribution in [0, 0.1) is 0 Å². The van der Waals surface area contributed by atoms with Crippen molar-refractivity contribution < 1.29 is 13.2 Å². The lowest BCUT2D eigenvalue weighted by Crippen LogP contribution is -2.03. The van der Waals surface area contributed by atoms with Gasteiger partial charge in [-0.25, -0.2) is 0 Å². The molecule has 5 heteroatoms. The molecule has 0 radical (unpaired) electrons. The Morgan fingerprint density at radius 3 is 1.85 bits per heavy atom. The Hall–Kier alpha value is -2.53. The van der Waals surface area contributed by atoms with Crippen LogP contribution >= 0.6 is 15.9 Å². The summed E-state index contributed by atoms with van der Waals surface area (Å²) in [5.41, 5.74) is 4.13. The van der Waals surface area contributed by atoms with E-state index in [-0.39, 0.29) is 0 Å². The van der Waals surface area contributed by atoms with Crippen molar-refractivity contribution in [1.29, 1.82) is 0 Å².